The Morgan fingerprint density at radius 1 is 1.00 bits per heavy atom. The highest BCUT2D eigenvalue weighted by molar-refractivity contribution is 7.80. The molecule has 4 rings (SSSR count). The summed E-state index contributed by atoms with van der Waals surface area (Å²) in [5.74, 6) is 3.40. The number of aromatic nitrogens is 2. The first-order chi connectivity index (χ1) is 12.7. The summed E-state index contributed by atoms with van der Waals surface area (Å²) < 4.78 is 0. The van der Waals surface area contributed by atoms with Crippen LogP contribution < -0.4 is 20.4 Å². The van der Waals surface area contributed by atoms with Crippen LogP contribution in [-0.2, 0) is 0 Å². The predicted octanol–water partition coefficient (Wildman–Crippen LogP) is 3.15. The van der Waals surface area contributed by atoms with Crippen molar-refractivity contribution in [2.24, 2.45) is 5.92 Å². The third kappa shape index (κ3) is 4.55. The van der Waals surface area contributed by atoms with E-state index in [9.17, 15) is 0 Å². The first kappa shape index (κ1) is 17.8. The smallest absolute Gasteiger partial charge is 0.232 e. The minimum absolute atomic E-state index is 0.530. The number of nitrogens with one attached hydrogen (secondary N) is 2. The van der Waals surface area contributed by atoms with Crippen LogP contribution in [0.15, 0.2) is 6.07 Å². The lowest BCUT2D eigenvalue weighted by Gasteiger charge is -2.33. The lowest BCUT2D eigenvalue weighted by molar-refractivity contribution is 0.444. The van der Waals surface area contributed by atoms with Gasteiger partial charge in [0.1, 0.15) is 11.6 Å². The molecule has 3 aliphatic rings. The Morgan fingerprint density at radius 2 is 1.69 bits per heavy atom. The summed E-state index contributed by atoms with van der Waals surface area (Å²) in [6.07, 6.45) is 8.74. The first-order valence-corrected chi connectivity index (χ1v) is 10.5. The Bertz CT molecular complexity index is 641. The summed E-state index contributed by atoms with van der Waals surface area (Å²) >= 11 is 5.44. The summed E-state index contributed by atoms with van der Waals surface area (Å²) in [6, 6.07) is 2.70. The van der Waals surface area contributed by atoms with E-state index >= 15 is 0 Å². The minimum atomic E-state index is 0.530. The Morgan fingerprint density at radius 3 is 2.38 bits per heavy atom. The molecule has 3 heterocycles. The van der Waals surface area contributed by atoms with Crippen molar-refractivity contribution in [1.29, 1.82) is 0 Å². The van der Waals surface area contributed by atoms with E-state index in [-0.39, 0.29) is 0 Å². The van der Waals surface area contributed by atoms with Gasteiger partial charge in [-0.05, 0) is 63.1 Å². The number of rotatable bonds is 4. The molecule has 0 unspecified atom stereocenters. The van der Waals surface area contributed by atoms with Crippen molar-refractivity contribution < 1.29 is 0 Å². The molecule has 2 saturated heterocycles. The second-order valence-corrected chi connectivity index (χ2v) is 8.43. The minimum Gasteiger partial charge on any atom is -0.360 e. The fraction of sp³-hybridized carbons (Fsp3) is 0.737. The van der Waals surface area contributed by atoms with Gasteiger partial charge in [0.05, 0.1) is 0 Å². The highest BCUT2D eigenvalue weighted by Gasteiger charge is 2.24. The Balaban J connectivity index is 1.56. The van der Waals surface area contributed by atoms with E-state index < -0.39 is 0 Å². The van der Waals surface area contributed by atoms with Crippen molar-refractivity contribution in [3.05, 3.63) is 6.07 Å². The summed E-state index contributed by atoms with van der Waals surface area (Å²) in [4.78, 5) is 14.4. The van der Waals surface area contributed by atoms with Gasteiger partial charge >= 0.3 is 0 Å². The molecule has 0 bridgehead atoms. The number of thiocarbonyl (C=S) groups is 1. The fourth-order valence-electron chi connectivity index (χ4n) is 3.87. The summed E-state index contributed by atoms with van der Waals surface area (Å²) in [5, 5.41) is 7.19. The standard InChI is InChI=1S/C19H30N6S/c1-14-6-5-11-25(13-14)17-12-16(24-9-3-2-4-10-24)21-18(22-17)23-19(26)20-15-7-8-15/h12,14-15H,2-11,13H2,1H3,(H2,20,21,22,23,26)/t14-/m1/s1. The summed E-state index contributed by atoms with van der Waals surface area (Å²) in [6.45, 7) is 6.63. The Hall–Kier alpha value is -1.63. The van der Waals surface area contributed by atoms with E-state index in [1.807, 2.05) is 0 Å². The molecule has 3 fully saturated rings. The molecule has 1 aromatic heterocycles. The van der Waals surface area contributed by atoms with E-state index in [1.165, 1.54) is 44.9 Å². The van der Waals surface area contributed by atoms with Gasteiger partial charge in [-0.1, -0.05) is 6.92 Å². The average Bonchev–Trinajstić information content (AvgIpc) is 3.46. The van der Waals surface area contributed by atoms with Crippen molar-refractivity contribution >= 4 is 34.9 Å². The SMILES string of the molecule is C[C@@H]1CCCN(c2cc(N3CCCCC3)nc(NC(=S)NC3CC3)n2)C1. The van der Waals surface area contributed by atoms with Crippen LogP contribution in [0.5, 0.6) is 0 Å². The van der Waals surface area contributed by atoms with Crippen LogP contribution in [0.2, 0.25) is 0 Å². The van der Waals surface area contributed by atoms with E-state index in [0.29, 0.717) is 23.0 Å². The average molecular weight is 375 g/mol. The van der Waals surface area contributed by atoms with Gasteiger partial charge in [-0.25, -0.2) is 0 Å². The monoisotopic (exact) mass is 374 g/mol. The molecule has 0 spiro atoms. The van der Waals surface area contributed by atoms with Gasteiger partial charge in [-0.2, -0.15) is 9.97 Å². The molecule has 2 aliphatic heterocycles. The van der Waals surface area contributed by atoms with Gasteiger partial charge in [0, 0.05) is 38.3 Å². The van der Waals surface area contributed by atoms with Crippen LogP contribution in [0, 0.1) is 5.92 Å². The first-order valence-electron chi connectivity index (χ1n) is 10.1. The molecule has 2 N–H and O–H groups in total. The largest absolute Gasteiger partial charge is 0.360 e. The molecule has 142 valence electrons. The molecule has 0 aromatic carbocycles. The summed E-state index contributed by atoms with van der Waals surface area (Å²) in [5.41, 5.74) is 0. The van der Waals surface area contributed by atoms with Crippen LogP contribution in [0.1, 0.15) is 51.9 Å². The van der Waals surface area contributed by atoms with Crippen molar-refractivity contribution in [2.45, 2.75) is 57.9 Å². The van der Waals surface area contributed by atoms with Gasteiger partial charge in [0.15, 0.2) is 5.11 Å². The number of hydrogen-bond acceptors (Lipinski definition) is 5. The lowest BCUT2D eigenvalue weighted by atomic mass is 10.0. The van der Waals surface area contributed by atoms with E-state index in [1.54, 1.807) is 0 Å². The van der Waals surface area contributed by atoms with E-state index in [2.05, 4.69) is 33.4 Å². The zero-order valence-electron chi connectivity index (χ0n) is 15.7. The second-order valence-electron chi connectivity index (χ2n) is 8.02. The Labute approximate surface area is 161 Å². The zero-order valence-corrected chi connectivity index (χ0v) is 16.5. The molecule has 1 aromatic rings. The molecule has 26 heavy (non-hydrogen) atoms. The van der Waals surface area contributed by atoms with Crippen LogP contribution in [-0.4, -0.2) is 47.3 Å². The summed E-state index contributed by atoms with van der Waals surface area (Å²) in [7, 11) is 0. The zero-order chi connectivity index (χ0) is 17.9. The third-order valence-corrected chi connectivity index (χ3v) is 5.72. The molecular weight excluding hydrogens is 344 g/mol. The lowest BCUT2D eigenvalue weighted by Crippen LogP contribution is -2.36. The molecule has 6 nitrogen and oxygen atoms in total. The number of nitrogens with zero attached hydrogens (tertiary/aromatic N) is 4. The highest BCUT2D eigenvalue weighted by Crippen LogP contribution is 2.27. The van der Waals surface area contributed by atoms with E-state index in [4.69, 9.17) is 22.2 Å². The molecule has 7 heteroatoms. The van der Waals surface area contributed by atoms with Crippen LogP contribution in [0.3, 0.4) is 0 Å². The molecular formula is C19H30N6S. The van der Waals surface area contributed by atoms with Crippen LogP contribution in [0.4, 0.5) is 17.6 Å². The van der Waals surface area contributed by atoms with Crippen molar-refractivity contribution in [2.75, 3.05) is 41.3 Å². The predicted molar refractivity (Wildman–Crippen MR) is 111 cm³/mol. The third-order valence-electron chi connectivity index (χ3n) is 5.50. The molecule has 1 aliphatic carbocycles. The fourth-order valence-corrected chi connectivity index (χ4v) is 4.13. The van der Waals surface area contributed by atoms with Crippen molar-refractivity contribution in [1.82, 2.24) is 15.3 Å². The number of piperidine rings is 2. The van der Waals surface area contributed by atoms with Gasteiger partial charge < -0.3 is 20.4 Å². The number of hydrogen-bond donors (Lipinski definition) is 2. The quantitative estimate of drug-likeness (QED) is 0.785. The van der Waals surface area contributed by atoms with Gasteiger partial charge in [-0.3, -0.25) is 0 Å². The molecule has 0 radical (unpaired) electrons. The maximum atomic E-state index is 5.44. The normalized spacial score (nSPS) is 23.7. The van der Waals surface area contributed by atoms with Gasteiger partial charge in [0.25, 0.3) is 0 Å². The van der Waals surface area contributed by atoms with E-state index in [0.717, 1.165) is 37.8 Å². The maximum absolute atomic E-state index is 5.44. The molecule has 0 amide bonds. The van der Waals surface area contributed by atoms with Crippen LogP contribution in [0.25, 0.3) is 0 Å². The van der Waals surface area contributed by atoms with Crippen molar-refractivity contribution in [3.8, 4) is 0 Å². The highest BCUT2D eigenvalue weighted by atomic mass is 32.1. The molecule has 1 atom stereocenters. The van der Waals surface area contributed by atoms with Gasteiger partial charge in [0.2, 0.25) is 5.95 Å². The van der Waals surface area contributed by atoms with Crippen molar-refractivity contribution in [3.63, 3.8) is 0 Å². The number of anilines is 3. The van der Waals surface area contributed by atoms with Gasteiger partial charge in [-0.15, -0.1) is 0 Å². The van der Waals surface area contributed by atoms with Crippen LogP contribution >= 0.6 is 12.2 Å². The second kappa shape index (κ2) is 7.94. The maximum Gasteiger partial charge on any atom is 0.232 e. The Kier molecular flexibility index (Phi) is 5.43. The topological polar surface area (TPSA) is 56.3 Å². The molecule has 1 saturated carbocycles.